The minimum Gasteiger partial charge on any atom is -0.355 e. The average Bonchev–Trinajstić information content (AvgIpc) is 3.35. The van der Waals surface area contributed by atoms with E-state index < -0.39 is 0 Å². The number of rotatable bonds is 9. The van der Waals surface area contributed by atoms with E-state index in [0.717, 1.165) is 15.2 Å². The Morgan fingerprint density at radius 3 is 2.73 bits per heavy atom. The molecule has 12 heteroatoms. The van der Waals surface area contributed by atoms with Gasteiger partial charge in [-0.25, -0.2) is 9.38 Å². The summed E-state index contributed by atoms with van der Waals surface area (Å²) >= 11 is 2.86. The fourth-order valence-electron chi connectivity index (χ4n) is 2.75. The number of hydrogen-bond acceptors (Lipinski definition) is 10. The van der Waals surface area contributed by atoms with E-state index in [9.17, 15) is 4.79 Å². The van der Waals surface area contributed by atoms with Crippen molar-refractivity contribution in [3.8, 4) is 0 Å². The number of nitrogens with zero attached hydrogens (tertiary/aromatic N) is 6. The molecule has 0 bridgehead atoms. The molecule has 4 aromatic rings. The maximum absolute atomic E-state index is 12.3. The van der Waals surface area contributed by atoms with Gasteiger partial charge in [0.15, 0.2) is 5.16 Å². The lowest BCUT2D eigenvalue weighted by atomic mass is 10.3. The molecule has 0 radical (unpaired) electrons. The Morgan fingerprint density at radius 1 is 1.10 bits per heavy atom. The Labute approximate surface area is 180 Å². The number of fused-ring (bicyclic) bond motifs is 2. The molecule has 0 aliphatic heterocycles. The standard InChI is InChI=1S/C18H21N9OS2/c1-3-19-15-23-16(20-4-2)27-17(24-15)25-26-18(27)29-10-13(28)21-9-14-22-11-7-5-6-8-12(11)30-14/h5-8H,3-4,9-10H2,1-2H3,(H,21,28)(H2,19,20,23,24,25). The molecule has 3 heterocycles. The summed E-state index contributed by atoms with van der Waals surface area (Å²) in [5.74, 6) is 1.59. The number of hydrogen-bond donors (Lipinski definition) is 3. The summed E-state index contributed by atoms with van der Waals surface area (Å²) < 4.78 is 2.83. The smallest absolute Gasteiger partial charge is 0.261 e. The molecule has 3 N–H and O–H groups in total. The third kappa shape index (κ3) is 4.44. The van der Waals surface area contributed by atoms with Gasteiger partial charge in [-0.15, -0.1) is 21.5 Å². The minimum absolute atomic E-state index is 0.105. The van der Waals surface area contributed by atoms with Crippen LogP contribution in [0.2, 0.25) is 0 Å². The van der Waals surface area contributed by atoms with E-state index >= 15 is 0 Å². The van der Waals surface area contributed by atoms with Crippen LogP contribution >= 0.6 is 23.1 Å². The molecule has 156 valence electrons. The maximum atomic E-state index is 12.3. The Morgan fingerprint density at radius 2 is 1.93 bits per heavy atom. The SMILES string of the molecule is CCNc1nc(NCC)n2c(SCC(=O)NCc3nc4ccccc4s3)nnc2n1. The summed E-state index contributed by atoms with van der Waals surface area (Å²) in [5, 5.41) is 18.9. The van der Waals surface area contributed by atoms with E-state index in [1.165, 1.54) is 11.8 Å². The van der Waals surface area contributed by atoms with Gasteiger partial charge in [0.1, 0.15) is 5.01 Å². The summed E-state index contributed by atoms with van der Waals surface area (Å²) in [6.45, 7) is 5.73. The van der Waals surface area contributed by atoms with Gasteiger partial charge >= 0.3 is 0 Å². The fraction of sp³-hybridized carbons (Fsp3) is 0.333. The molecule has 0 saturated carbocycles. The van der Waals surface area contributed by atoms with Gasteiger partial charge in [-0.2, -0.15) is 9.97 Å². The number of thiazole rings is 1. The largest absolute Gasteiger partial charge is 0.355 e. The van der Waals surface area contributed by atoms with Crippen molar-refractivity contribution < 1.29 is 4.79 Å². The van der Waals surface area contributed by atoms with Crippen molar-refractivity contribution in [3.63, 3.8) is 0 Å². The van der Waals surface area contributed by atoms with Crippen molar-refractivity contribution in [1.29, 1.82) is 0 Å². The zero-order chi connectivity index (χ0) is 20.9. The van der Waals surface area contributed by atoms with E-state index in [1.54, 1.807) is 15.7 Å². The quantitative estimate of drug-likeness (QED) is 0.335. The second kappa shape index (κ2) is 9.22. The van der Waals surface area contributed by atoms with Crippen LogP contribution in [0.15, 0.2) is 29.4 Å². The lowest BCUT2D eigenvalue weighted by Crippen LogP contribution is -2.24. The van der Waals surface area contributed by atoms with Gasteiger partial charge in [0.05, 0.1) is 22.5 Å². The number of nitrogens with one attached hydrogen (secondary N) is 3. The van der Waals surface area contributed by atoms with Crippen molar-refractivity contribution in [1.82, 2.24) is 34.9 Å². The third-order valence-electron chi connectivity index (χ3n) is 4.02. The van der Waals surface area contributed by atoms with Crippen LogP contribution in [-0.2, 0) is 11.3 Å². The molecule has 0 fully saturated rings. The Kier molecular flexibility index (Phi) is 6.23. The Bertz CT molecular complexity index is 1140. The average molecular weight is 444 g/mol. The highest BCUT2D eigenvalue weighted by molar-refractivity contribution is 7.99. The molecule has 1 aromatic carbocycles. The Hall–Kier alpha value is -2.99. The first-order valence-electron chi connectivity index (χ1n) is 9.52. The lowest BCUT2D eigenvalue weighted by molar-refractivity contribution is -0.118. The first kappa shape index (κ1) is 20.3. The molecule has 0 unspecified atom stereocenters. The van der Waals surface area contributed by atoms with Crippen LogP contribution < -0.4 is 16.0 Å². The molecule has 0 aliphatic rings. The van der Waals surface area contributed by atoms with Crippen molar-refractivity contribution in [2.24, 2.45) is 0 Å². The Balaban J connectivity index is 1.41. The first-order valence-corrected chi connectivity index (χ1v) is 11.3. The van der Waals surface area contributed by atoms with E-state index in [4.69, 9.17) is 0 Å². The van der Waals surface area contributed by atoms with E-state index in [-0.39, 0.29) is 11.7 Å². The summed E-state index contributed by atoms with van der Waals surface area (Å²) in [7, 11) is 0. The van der Waals surface area contributed by atoms with Crippen molar-refractivity contribution in [2.75, 3.05) is 29.5 Å². The summed E-state index contributed by atoms with van der Waals surface area (Å²) in [4.78, 5) is 25.7. The molecule has 0 spiro atoms. The molecule has 0 saturated heterocycles. The predicted octanol–water partition coefficient (Wildman–Crippen LogP) is 2.40. The molecule has 0 aliphatic carbocycles. The van der Waals surface area contributed by atoms with Crippen LogP contribution in [-0.4, -0.2) is 54.3 Å². The molecule has 30 heavy (non-hydrogen) atoms. The third-order valence-corrected chi connectivity index (χ3v) is 5.99. The molecule has 10 nitrogen and oxygen atoms in total. The highest BCUT2D eigenvalue weighted by Gasteiger charge is 2.16. The predicted molar refractivity (Wildman–Crippen MR) is 119 cm³/mol. The van der Waals surface area contributed by atoms with Crippen LogP contribution in [0.25, 0.3) is 16.0 Å². The van der Waals surface area contributed by atoms with Gasteiger partial charge in [0, 0.05) is 13.1 Å². The molecule has 1 amide bonds. The molecular weight excluding hydrogens is 422 g/mol. The fourth-order valence-corrected chi connectivity index (χ4v) is 4.41. The van der Waals surface area contributed by atoms with E-state index in [0.29, 0.717) is 42.5 Å². The molecule has 4 rings (SSSR count). The summed E-state index contributed by atoms with van der Waals surface area (Å²) in [6, 6.07) is 7.93. The van der Waals surface area contributed by atoms with Crippen LogP contribution in [0.5, 0.6) is 0 Å². The van der Waals surface area contributed by atoms with Crippen molar-refractivity contribution >= 4 is 56.9 Å². The summed E-state index contributed by atoms with van der Waals surface area (Å²) in [6.07, 6.45) is 0. The summed E-state index contributed by atoms with van der Waals surface area (Å²) in [5.41, 5.74) is 0.948. The molecular formula is C18H21N9OS2. The normalized spacial score (nSPS) is 11.1. The highest BCUT2D eigenvalue weighted by Crippen LogP contribution is 2.22. The van der Waals surface area contributed by atoms with Crippen molar-refractivity contribution in [3.05, 3.63) is 29.3 Å². The van der Waals surface area contributed by atoms with E-state index in [2.05, 4.69) is 41.1 Å². The van der Waals surface area contributed by atoms with E-state index in [1.807, 2.05) is 38.1 Å². The van der Waals surface area contributed by atoms with Gasteiger partial charge in [0.2, 0.25) is 17.8 Å². The lowest BCUT2D eigenvalue weighted by Gasteiger charge is -2.09. The van der Waals surface area contributed by atoms with Gasteiger partial charge < -0.3 is 16.0 Å². The second-order valence-electron chi connectivity index (χ2n) is 6.19. The highest BCUT2D eigenvalue weighted by atomic mass is 32.2. The van der Waals surface area contributed by atoms with Crippen LogP contribution in [0.4, 0.5) is 11.9 Å². The number of carbonyl (C=O) groups excluding carboxylic acids is 1. The number of benzene rings is 1. The van der Waals surface area contributed by atoms with Crippen LogP contribution in [0.3, 0.4) is 0 Å². The number of anilines is 2. The topological polar surface area (TPSA) is 122 Å². The van der Waals surface area contributed by atoms with Gasteiger partial charge in [-0.05, 0) is 26.0 Å². The molecule has 0 atom stereocenters. The monoisotopic (exact) mass is 443 g/mol. The number of para-hydroxylation sites is 1. The maximum Gasteiger partial charge on any atom is 0.261 e. The second-order valence-corrected chi connectivity index (χ2v) is 8.25. The van der Waals surface area contributed by atoms with Crippen LogP contribution in [0.1, 0.15) is 18.9 Å². The van der Waals surface area contributed by atoms with Gasteiger partial charge in [-0.3, -0.25) is 4.79 Å². The van der Waals surface area contributed by atoms with Crippen LogP contribution in [0, 0.1) is 0 Å². The zero-order valence-electron chi connectivity index (χ0n) is 16.5. The van der Waals surface area contributed by atoms with Crippen molar-refractivity contribution in [2.45, 2.75) is 25.5 Å². The number of thioether (sulfide) groups is 1. The zero-order valence-corrected chi connectivity index (χ0v) is 18.2. The minimum atomic E-state index is -0.105. The van der Waals surface area contributed by atoms with Gasteiger partial charge in [-0.1, -0.05) is 23.9 Å². The number of amides is 1. The number of carbonyl (C=O) groups is 1. The number of aromatic nitrogens is 6. The first-order chi connectivity index (χ1) is 14.7. The van der Waals surface area contributed by atoms with Gasteiger partial charge in [0.25, 0.3) is 5.78 Å². The molecule has 3 aromatic heterocycles.